The van der Waals surface area contributed by atoms with Crippen LogP contribution in [0.4, 0.5) is 0 Å². The first-order valence-electron chi connectivity index (χ1n) is 6.92. The van der Waals surface area contributed by atoms with Crippen LogP contribution < -0.4 is 10.6 Å². The number of aliphatic carboxylic acids is 1. The van der Waals surface area contributed by atoms with Crippen LogP contribution in [0.3, 0.4) is 0 Å². The zero-order valence-electron chi connectivity index (χ0n) is 11.9. The molecule has 7 heteroatoms. The number of hydrogen-bond acceptors (Lipinski definition) is 5. The maximum absolute atomic E-state index is 10.9. The molecule has 2 rings (SSSR count). The fraction of sp³-hybridized carbons (Fsp3) is 0.846. The summed E-state index contributed by atoms with van der Waals surface area (Å²) in [6.45, 7) is 1.80. The molecule has 20 heavy (non-hydrogen) atoms. The molecular formula is C13H25ClN2O4. The van der Waals surface area contributed by atoms with E-state index in [0.717, 1.165) is 45.2 Å². The molecule has 6 nitrogen and oxygen atoms in total. The van der Waals surface area contributed by atoms with Gasteiger partial charge in [0.1, 0.15) is 12.1 Å². The standard InChI is InChI=1S/C7H13NO2.C6H11NO2.ClH/c1-10-7(9)6-4-2-3-5-8-6;8-6(9)5-3-1-2-4-7-5;/h6,8H,2-5H2,1H3;5,7H,1-4H2,(H,8,9);1H/t6-;5-;/m00./s1. The second kappa shape index (κ2) is 10.9. The van der Waals surface area contributed by atoms with Crippen LogP contribution >= 0.6 is 12.4 Å². The highest BCUT2D eigenvalue weighted by atomic mass is 35.5. The Balaban J connectivity index is 0.000000345. The minimum absolute atomic E-state index is 0. The van der Waals surface area contributed by atoms with Gasteiger partial charge in [-0.3, -0.25) is 9.59 Å². The average Bonchev–Trinajstić information content (AvgIpc) is 2.49. The van der Waals surface area contributed by atoms with Crippen molar-refractivity contribution in [1.82, 2.24) is 10.6 Å². The van der Waals surface area contributed by atoms with Gasteiger partial charge in [-0.2, -0.15) is 0 Å². The number of carboxylic acids is 1. The van der Waals surface area contributed by atoms with Crippen LogP contribution in [-0.2, 0) is 14.3 Å². The zero-order valence-corrected chi connectivity index (χ0v) is 12.7. The zero-order chi connectivity index (χ0) is 14.1. The minimum Gasteiger partial charge on any atom is -0.480 e. The summed E-state index contributed by atoms with van der Waals surface area (Å²) >= 11 is 0. The Kier molecular flexibility index (Phi) is 10.4. The van der Waals surface area contributed by atoms with Crippen molar-refractivity contribution >= 4 is 24.3 Å². The first-order chi connectivity index (χ1) is 9.15. The molecule has 0 bridgehead atoms. The summed E-state index contributed by atoms with van der Waals surface area (Å²) in [4.78, 5) is 21.2. The van der Waals surface area contributed by atoms with Crippen molar-refractivity contribution in [3.63, 3.8) is 0 Å². The number of halogens is 1. The van der Waals surface area contributed by atoms with Crippen LogP contribution in [0.15, 0.2) is 0 Å². The Bertz CT molecular complexity index is 290. The molecule has 0 spiro atoms. The van der Waals surface area contributed by atoms with Gasteiger partial charge in [-0.05, 0) is 38.8 Å². The molecule has 2 fully saturated rings. The van der Waals surface area contributed by atoms with Crippen molar-refractivity contribution in [3.05, 3.63) is 0 Å². The molecule has 2 atom stereocenters. The second-order valence-electron chi connectivity index (χ2n) is 4.87. The smallest absolute Gasteiger partial charge is 0.322 e. The summed E-state index contributed by atoms with van der Waals surface area (Å²) in [5.74, 6) is -0.839. The van der Waals surface area contributed by atoms with Gasteiger partial charge in [-0.15, -0.1) is 12.4 Å². The molecule has 3 N–H and O–H groups in total. The fourth-order valence-corrected chi connectivity index (χ4v) is 2.26. The summed E-state index contributed by atoms with van der Waals surface area (Å²) in [6.07, 6.45) is 6.18. The highest BCUT2D eigenvalue weighted by Crippen LogP contribution is 2.07. The highest BCUT2D eigenvalue weighted by molar-refractivity contribution is 5.85. The van der Waals surface area contributed by atoms with Crippen LogP contribution in [0.1, 0.15) is 38.5 Å². The molecule has 2 heterocycles. The lowest BCUT2D eigenvalue weighted by Gasteiger charge is -2.20. The number of carboxylic acid groups (broad SMARTS) is 1. The first-order valence-corrected chi connectivity index (χ1v) is 6.92. The molecular weight excluding hydrogens is 284 g/mol. The molecule has 0 aromatic carbocycles. The van der Waals surface area contributed by atoms with E-state index in [0.29, 0.717) is 0 Å². The maximum atomic E-state index is 10.9. The van der Waals surface area contributed by atoms with E-state index in [4.69, 9.17) is 5.11 Å². The van der Waals surface area contributed by atoms with Crippen molar-refractivity contribution in [3.8, 4) is 0 Å². The summed E-state index contributed by atoms with van der Waals surface area (Å²) in [6, 6.07) is -0.322. The van der Waals surface area contributed by atoms with Crippen molar-refractivity contribution in [2.24, 2.45) is 0 Å². The second-order valence-corrected chi connectivity index (χ2v) is 4.87. The molecule has 0 aliphatic carbocycles. The molecule has 118 valence electrons. The molecule has 0 aromatic rings. The molecule has 2 aliphatic rings. The Morgan fingerprint density at radius 1 is 1.00 bits per heavy atom. The number of piperidine rings is 2. The van der Waals surface area contributed by atoms with Gasteiger partial charge in [0.05, 0.1) is 7.11 Å². The van der Waals surface area contributed by atoms with E-state index in [-0.39, 0.29) is 30.5 Å². The number of hydrogen-bond donors (Lipinski definition) is 3. The van der Waals surface area contributed by atoms with E-state index in [1.165, 1.54) is 13.5 Å². The summed E-state index contributed by atoms with van der Waals surface area (Å²) in [7, 11) is 1.43. The van der Waals surface area contributed by atoms with Gasteiger partial charge in [0.15, 0.2) is 0 Å². The van der Waals surface area contributed by atoms with Crippen LogP contribution in [-0.4, -0.2) is 49.3 Å². The number of nitrogens with one attached hydrogen (secondary N) is 2. The predicted octanol–water partition coefficient (Wildman–Crippen LogP) is 0.936. The van der Waals surface area contributed by atoms with E-state index >= 15 is 0 Å². The number of carbonyl (C=O) groups is 2. The van der Waals surface area contributed by atoms with E-state index < -0.39 is 5.97 Å². The molecule has 2 saturated heterocycles. The predicted molar refractivity (Wildman–Crippen MR) is 78.2 cm³/mol. The highest BCUT2D eigenvalue weighted by Gasteiger charge is 2.20. The first kappa shape index (κ1) is 19.1. The summed E-state index contributed by atoms with van der Waals surface area (Å²) in [5, 5.41) is 14.5. The molecule has 0 unspecified atom stereocenters. The van der Waals surface area contributed by atoms with E-state index in [1.54, 1.807) is 0 Å². The van der Waals surface area contributed by atoms with E-state index in [9.17, 15) is 9.59 Å². The van der Waals surface area contributed by atoms with E-state index in [1.807, 2.05) is 0 Å². The third kappa shape index (κ3) is 7.07. The lowest BCUT2D eigenvalue weighted by molar-refractivity contribution is -0.143. The number of rotatable bonds is 2. The average molecular weight is 309 g/mol. The van der Waals surface area contributed by atoms with Crippen LogP contribution in [0, 0.1) is 0 Å². The maximum Gasteiger partial charge on any atom is 0.322 e. The molecule has 0 saturated carbocycles. The Labute approximate surface area is 126 Å². The lowest BCUT2D eigenvalue weighted by Crippen LogP contribution is -2.40. The van der Waals surface area contributed by atoms with Gasteiger partial charge in [-0.1, -0.05) is 12.8 Å². The number of ether oxygens (including phenoxy) is 1. The SMILES string of the molecule is COC(=O)[C@@H]1CCCCN1.Cl.O=C(O)[C@@H]1CCCCN1. The number of esters is 1. The molecule has 0 radical (unpaired) electrons. The van der Waals surface area contributed by atoms with Crippen molar-refractivity contribution in [2.45, 2.75) is 50.6 Å². The van der Waals surface area contributed by atoms with Crippen molar-refractivity contribution in [1.29, 1.82) is 0 Å². The topological polar surface area (TPSA) is 87.7 Å². The molecule has 2 aliphatic heterocycles. The fourth-order valence-electron chi connectivity index (χ4n) is 2.26. The summed E-state index contributed by atoms with van der Waals surface area (Å²) < 4.78 is 4.59. The Hall–Kier alpha value is -0.850. The Morgan fingerprint density at radius 3 is 1.80 bits per heavy atom. The largest absolute Gasteiger partial charge is 0.480 e. The van der Waals surface area contributed by atoms with Crippen molar-refractivity contribution < 1.29 is 19.4 Å². The lowest BCUT2D eigenvalue weighted by atomic mass is 10.1. The van der Waals surface area contributed by atoms with Gasteiger partial charge in [0.25, 0.3) is 0 Å². The molecule has 0 amide bonds. The molecule has 0 aromatic heterocycles. The van der Waals surface area contributed by atoms with Gasteiger partial charge < -0.3 is 20.5 Å². The van der Waals surface area contributed by atoms with Crippen LogP contribution in [0.25, 0.3) is 0 Å². The van der Waals surface area contributed by atoms with Gasteiger partial charge >= 0.3 is 11.9 Å². The number of methoxy groups -OCH3 is 1. The van der Waals surface area contributed by atoms with Gasteiger partial charge in [0.2, 0.25) is 0 Å². The van der Waals surface area contributed by atoms with Gasteiger partial charge in [-0.25, -0.2) is 0 Å². The van der Waals surface area contributed by atoms with Gasteiger partial charge in [0, 0.05) is 0 Å². The number of carbonyl (C=O) groups excluding carboxylic acids is 1. The normalized spacial score (nSPS) is 25.4. The Morgan fingerprint density at radius 2 is 1.50 bits per heavy atom. The monoisotopic (exact) mass is 308 g/mol. The third-order valence-corrected chi connectivity index (χ3v) is 3.40. The van der Waals surface area contributed by atoms with Crippen LogP contribution in [0.2, 0.25) is 0 Å². The third-order valence-electron chi connectivity index (χ3n) is 3.40. The quantitative estimate of drug-likeness (QED) is 0.658. The minimum atomic E-state index is -0.713. The van der Waals surface area contributed by atoms with Crippen LogP contribution in [0.5, 0.6) is 0 Å². The van der Waals surface area contributed by atoms with Crippen molar-refractivity contribution in [2.75, 3.05) is 20.2 Å². The summed E-state index contributed by atoms with van der Waals surface area (Å²) in [5.41, 5.74) is 0. The van der Waals surface area contributed by atoms with E-state index in [2.05, 4.69) is 15.4 Å².